The minimum Gasteiger partial charge on any atom is -0.490 e. The lowest BCUT2D eigenvalue weighted by molar-refractivity contribution is -0.114. The molecule has 2 rings (SSSR count). The zero-order valence-corrected chi connectivity index (χ0v) is 16.2. The van der Waals surface area contributed by atoms with E-state index >= 15 is 0 Å². The average molecular weight is 405 g/mol. The summed E-state index contributed by atoms with van der Waals surface area (Å²) >= 11 is 3.43. The van der Waals surface area contributed by atoms with Crippen molar-refractivity contribution in [1.82, 2.24) is 0 Å². The summed E-state index contributed by atoms with van der Waals surface area (Å²) in [5.41, 5.74) is 2.71. The van der Waals surface area contributed by atoms with Crippen LogP contribution in [0.25, 0.3) is 0 Å². The molecule has 0 heterocycles. The van der Waals surface area contributed by atoms with Crippen molar-refractivity contribution in [3.05, 3.63) is 52.0 Å². The zero-order valence-electron chi connectivity index (χ0n) is 14.6. The van der Waals surface area contributed by atoms with Crippen LogP contribution in [-0.4, -0.2) is 17.9 Å². The largest absolute Gasteiger partial charge is 0.490 e. The van der Waals surface area contributed by atoms with Gasteiger partial charge in [-0.25, -0.2) is 0 Å². The minimum absolute atomic E-state index is 0.0516. The number of halogens is 1. The SMILES string of the molecule is CC(=O)Nc1cc(NC(=O)c2ccc(OC(C)C)c(Br)c2)ccc1C. The Hall–Kier alpha value is -2.34. The summed E-state index contributed by atoms with van der Waals surface area (Å²) in [6.07, 6.45) is 0.0516. The van der Waals surface area contributed by atoms with Crippen LogP contribution in [0.15, 0.2) is 40.9 Å². The van der Waals surface area contributed by atoms with Gasteiger partial charge in [-0.15, -0.1) is 0 Å². The second-order valence-corrected chi connectivity index (χ2v) is 6.83. The van der Waals surface area contributed by atoms with Gasteiger partial charge in [0, 0.05) is 23.9 Å². The Balaban J connectivity index is 2.17. The molecule has 0 unspecified atom stereocenters. The lowest BCUT2D eigenvalue weighted by Crippen LogP contribution is -2.13. The zero-order chi connectivity index (χ0) is 18.6. The van der Waals surface area contributed by atoms with E-state index in [9.17, 15) is 9.59 Å². The van der Waals surface area contributed by atoms with Crippen LogP contribution in [0.3, 0.4) is 0 Å². The van der Waals surface area contributed by atoms with Crippen molar-refractivity contribution < 1.29 is 14.3 Å². The molecule has 2 aromatic rings. The third kappa shape index (κ3) is 5.32. The van der Waals surface area contributed by atoms with E-state index in [0.717, 1.165) is 10.0 Å². The Morgan fingerprint density at radius 2 is 1.80 bits per heavy atom. The van der Waals surface area contributed by atoms with Crippen LogP contribution in [0.5, 0.6) is 5.75 Å². The van der Waals surface area contributed by atoms with Crippen LogP contribution in [0.2, 0.25) is 0 Å². The normalized spacial score (nSPS) is 10.5. The highest BCUT2D eigenvalue weighted by molar-refractivity contribution is 9.10. The van der Waals surface area contributed by atoms with E-state index in [1.807, 2.05) is 26.8 Å². The summed E-state index contributed by atoms with van der Waals surface area (Å²) in [6, 6.07) is 10.6. The molecule has 0 aromatic heterocycles. The second kappa shape index (κ2) is 8.16. The molecule has 0 aliphatic rings. The third-order valence-electron chi connectivity index (χ3n) is 3.36. The number of benzene rings is 2. The lowest BCUT2D eigenvalue weighted by Gasteiger charge is -2.13. The topological polar surface area (TPSA) is 67.4 Å². The van der Waals surface area contributed by atoms with E-state index < -0.39 is 0 Å². The molecule has 2 N–H and O–H groups in total. The van der Waals surface area contributed by atoms with E-state index in [0.29, 0.717) is 22.7 Å². The molecule has 2 amide bonds. The Labute approximate surface area is 155 Å². The molecular weight excluding hydrogens is 384 g/mol. The number of aryl methyl sites for hydroxylation is 1. The summed E-state index contributed by atoms with van der Waals surface area (Å²) in [4.78, 5) is 23.7. The van der Waals surface area contributed by atoms with Crippen molar-refractivity contribution >= 4 is 39.1 Å². The van der Waals surface area contributed by atoms with E-state index in [4.69, 9.17) is 4.74 Å². The van der Waals surface area contributed by atoms with Gasteiger partial charge in [-0.1, -0.05) is 6.07 Å². The Morgan fingerprint density at radius 1 is 1.08 bits per heavy atom. The van der Waals surface area contributed by atoms with Gasteiger partial charge in [-0.05, 0) is 72.6 Å². The van der Waals surface area contributed by atoms with Gasteiger partial charge in [0.2, 0.25) is 5.91 Å². The number of rotatable bonds is 5. The number of nitrogens with one attached hydrogen (secondary N) is 2. The van der Waals surface area contributed by atoms with Crippen molar-refractivity contribution in [1.29, 1.82) is 0 Å². The highest BCUT2D eigenvalue weighted by Gasteiger charge is 2.11. The van der Waals surface area contributed by atoms with Gasteiger partial charge in [0.1, 0.15) is 5.75 Å². The van der Waals surface area contributed by atoms with Gasteiger partial charge in [0.15, 0.2) is 0 Å². The summed E-state index contributed by atoms with van der Waals surface area (Å²) in [5.74, 6) is 0.292. The molecule has 0 saturated carbocycles. The fourth-order valence-electron chi connectivity index (χ4n) is 2.22. The highest BCUT2D eigenvalue weighted by atomic mass is 79.9. The van der Waals surface area contributed by atoms with Crippen LogP contribution < -0.4 is 15.4 Å². The maximum Gasteiger partial charge on any atom is 0.255 e. The Morgan fingerprint density at radius 3 is 2.40 bits per heavy atom. The third-order valence-corrected chi connectivity index (χ3v) is 3.98. The first kappa shape index (κ1) is 19.0. The van der Waals surface area contributed by atoms with Crippen molar-refractivity contribution in [2.75, 3.05) is 10.6 Å². The van der Waals surface area contributed by atoms with Gasteiger partial charge in [-0.3, -0.25) is 9.59 Å². The standard InChI is InChI=1S/C19H21BrN2O3/c1-11(2)25-18-8-6-14(9-16(18)20)19(24)22-15-7-5-12(3)17(10-15)21-13(4)23/h5-11H,1-4H3,(H,21,23)(H,22,24). The highest BCUT2D eigenvalue weighted by Crippen LogP contribution is 2.27. The summed E-state index contributed by atoms with van der Waals surface area (Å²) in [7, 11) is 0. The number of amides is 2. The molecule has 25 heavy (non-hydrogen) atoms. The molecular formula is C19H21BrN2O3. The number of ether oxygens (including phenoxy) is 1. The van der Waals surface area contributed by atoms with Crippen LogP contribution in [-0.2, 0) is 4.79 Å². The van der Waals surface area contributed by atoms with Crippen molar-refractivity contribution in [2.45, 2.75) is 33.8 Å². The molecule has 132 valence electrons. The predicted octanol–water partition coefficient (Wildman–Crippen LogP) is 4.76. The lowest BCUT2D eigenvalue weighted by atomic mass is 10.1. The number of anilines is 2. The van der Waals surface area contributed by atoms with E-state index in [1.165, 1.54) is 6.92 Å². The van der Waals surface area contributed by atoms with Crippen LogP contribution >= 0.6 is 15.9 Å². The van der Waals surface area contributed by atoms with Crippen LogP contribution in [0, 0.1) is 6.92 Å². The Bertz CT molecular complexity index is 803. The minimum atomic E-state index is -0.241. The fraction of sp³-hybridized carbons (Fsp3) is 0.263. The van der Waals surface area contributed by atoms with Crippen molar-refractivity contribution in [3.63, 3.8) is 0 Å². The monoisotopic (exact) mass is 404 g/mol. The van der Waals surface area contributed by atoms with Gasteiger partial charge in [0.05, 0.1) is 10.6 Å². The molecule has 0 radical (unpaired) electrons. The van der Waals surface area contributed by atoms with Gasteiger partial charge >= 0.3 is 0 Å². The molecule has 0 aliphatic carbocycles. The van der Waals surface area contributed by atoms with Crippen LogP contribution in [0.4, 0.5) is 11.4 Å². The first-order chi connectivity index (χ1) is 11.8. The van der Waals surface area contributed by atoms with Crippen LogP contribution in [0.1, 0.15) is 36.7 Å². The number of carbonyl (C=O) groups is 2. The second-order valence-electron chi connectivity index (χ2n) is 5.98. The molecule has 0 spiro atoms. The number of hydrogen-bond acceptors (Lipinski definition) is 3. The predicted molar refractivity (Wildman–Crippen MR) is 103 cm³/mol. The van der Waals surface area contributed by atoms with Crippen molar-refractivity contribution in [2.24, 2.45) is 0 Å². The molecule has 6 heteroatoms. The maximum absolute atomic E-state index is 12.5. The molecule has 0 bridgehead atoms. The molecule has 0 saturated heterocycles. The van der Waals surface area contributed by atoms with E-state index in [-0.39, 0.29) is 17.9 Å². The Kier molecular flexibility index (Phi) is 6.20. The molecule has 5 nitrogen and oxygen atoms in total. The first-order valence-electron chi connectivity index (χ1n) is 7.92. The molecule has 0 fully saturated rings. The quantitative estimate of drug-likeness (QED) is 0.754. The maximum atomic E-state index is 12.5. The van der Waals surface area contributed by atoms with E-state index in [1.54, 1.807) is 30.3 Å². The average Bonchev–Trinajstić information content (AvgIpc) is 2.51. The summed E-state index contributed by atoms with van der Waals surface area (Å²) < 4.78 is 6.36. The molecule has 0 atom stereocenters. The number of hydrogen-bond donors (Lipinski definition) is 2. The van der Waals surface area contributed by atoms with Gasteiger partial charge in [0.25, 0.3) is 5.91 Å². The molecule has 2 aromatic carbocycles. The molecule has 0 aliphatic heterocycles. The smallest absolute Gasteiger partial charge is 0.255 e. The summed E-state index contributed by atoms with van der Waals surface area (Å²) in [5, 5.41) is 5.58. The van der Waals surface area contributed by atoms with Gasteiger partial charge < -0.3 is 15.4 Å². The number of carbonyl (C=O) groups excluding carboxylic acids is 2. The van der Waals surface area contributed by atoms with E-state index in [2.05, 4.69) is 26.6 Å². The fourth-order valence-corrected chi connectivity index (χ4v) is 2.69. The summed E-state index contributed by atoms with van der Waals surface area (Å²) in [6.45, 7) is 7.22. The van der Waals surface area contributed by atoms with Gasteiger partial charge in [-0.2, -0.15) is 0 Å². The van der Waals surface area contributed by atoms with Crippen molar-refractivity contribution in [3.8, 4) is 5.75 Å². The first-order valence-corrected chi connectivity index (χ1v) is 8.71.